The van der Waals surface area contributed by atoms with E-state index in [2.05, 4.69) is 0 Å². The van der Waals surface area contributed by atoms with E-state index in [-0.39, 0.29) is 23.1 Å². The predicted octanol–water partition coefficient (Wildman–Crippen LogP) is 4.23. The zero-order valence-corrected chi connectivity index (χ0v) is 14.4. The second-order valence-corrected chi connectivity index (χ2v) is 6.15. The molecule has 0 aliphatic carbocycles. The molecule has 0 saturated carbocycles. The third-order valence-corrected chi connectivity index (χ3v) is 4.42. The van der Waals surface area contributed by atoms with E-state index in [1.807, 2.05) is 44.2 Å². The summed E-state index contributed by atoms with van der Waals surface area (Å²) in [7, 11) is 0. The van der Waals surface area contributed by atoms with Crippen molar-refractivity contribution in [2.45, 2.75) is 32.9 Å². The minimum absolute atomic E-state index is 0.0319. The highest BCUT2D eigenvalue weighted by molar-refractivity contribution is 5.93. The summed E-state index contributed by atoms with van der Waals surface area (Å²) in [5, 5.41) is 0.484. The number of amides is 1. The number of benzene rings is 2. The first-order chi connectivity index (χ1) is 12.1. The Kier molecular flexibility index (Phi) is 4.98. The zero-order chi connectivity index (χ0) is 17.8. The number of carbonyl (C=O) groups excluding carboxylic acids is 1. The first-order valence-electron chi connectivity index (χ1n) is 8.48. The van der Waals surface area contributed by atoms with Crippen molar-refractivity contribution in [1.82, 2.24) is 4.90 Å². The van der Waals surface area contributed by atoms with Crippen molar-refractivity contribution < 1.29 is 9.21 Å². The van der Waals surface area contributed by atoms with E-state index in [0.717, 1.165) is 12.0 Å². The van der Waals surface area contributed by atoms with Gasteiger partial charge in [-0.25, -0.2) is 0 Å². The molecule has 3 aromatic rings. The Morgan fingerprint density at radius 2 is 1.76 bits per heavy atom. The van der Waals surface area contributed by atoms with E-state index < -0.39 is 0 Å². The Labute approximate surface area is 146 Å². The number of rotatable bonds is 5. The van der Waals surface area contributed by atoms with Crippen molar-refractivity contribution in [2.24, 2.45) is 0 Å². The van der Waals surface area contributed by atoms with E-state index in [1.54, 1.807) is 29.2 Å². The lowest BCUT2D eigenvalue weighted by Crippen LogP contribution is -2.38. The zero-order valence-electron chi connectivity index (χ0n) is 14.4. The smallest absolute Gasteiger partial charge is 0.290 e. The van der Waals surface area contributed by atoms with Crippen LogP contribution in [0, 0.1) is 0 Å². The van der Waals surface area contributed by atoms with Crippen LogP contribution in [0.4, 0.5) is 0 Å². The quantitative estimate of drug-likeness (QED) is 0.701. The monoisotopic (exact) mass is 335 g/mol. The average molecular weight is 335 g/mol. The lowest BCUT2D eigenvalue weighted by molar-refractivity contribution is 0.0639. The summed E-state index contributed by atoms with van der Waals surface area (Å²) in [6.07, 6.45) is 0.816. The molecule has 1 heterocycles. The van der Waals surface area contributed by atoms with Crippen LogP contribution >= 0.6 is 0 Å². The molecule has 3 rings (SSSR count). The fourth-order valence-corrected chi connectivity index (χ4v) is 2.78. The van der Waals surface area contributed by atoms with Crippen LogP contribution in [-0.4, -0.2) is 16.8 Å². The summed E-state index contributed by atoms with van der Waals surface area (Å²) in [6, 6.07) is 18.1. The Morgan fingerprint density at radius 3 is 2.48 bits per heavy atom. The molecule has 2 aromatic carbocycles. The molecule has 0 aliphatic heterocycles. The molecule has 1 unspecified atom stereocenters. The third-order valence-electron chi connectivity index (χ3n) is 4.42. The van der Waals surface area contributed by atoms with Gasteiger partial charge in [-0.15, -0.1) is 0 Å². The molecule has 0 N–H and O–H groups in total. The summed E-state index contributed by atoms with van der Waals surface area (Å²) >= 11 is 0. The Hall–Kier alpha value is -2.88. The second kappa shape index (κ2) is 7.34. The molecule has 128 valence electrons. The minimum Gasteiger partial charge on any atom is -0.451 e. The standard InChI is InChI=1S/C21H21NO3/c1-3-15(2)22(14-16-9-5-4-6-10-16)21(24)20-13-18(23)17-11-7-8-12-19(17)25-20/h4-13,15H,3,14H2,1-2H3. The van der Waals surface area contributed by atoms with Gasteiger partial charge in [0.1, 0.15) is 5.58 Å². The molecule has 1 aromatic heterocycles. The van der Waals surface area contributed by atoms with E-state index in [4.69, 9.17) is 4.42 Å². The number of carbonyl (C=O) groups is 1. The molecular weight excluding hydrogens is 314 g/mol. The van der Waals surface area contributed by atoms with Crippen LogP contribution in [0.25, 0.3) is 11.0 Å². The van der Waals surface area contributed by atoms with Crippen LogP contribution in [0.3, 0.4) is 0 Å². The normalized spacial score (nSPS) is 12.1. The van der Waals surface area contributed by atoms with Gasteiger partial charge in [-0.05, 0) is 31.0 Å². The molecule has 0 saturated heterocycles. The van der Waals surface area contributed by atoms with Crippen molar-refractivity contribution in [3.8, 4) is 0 Å². The highest BCUT2D eigenvalue weighted by atomic mass is 16.3. The first kappa shape index (κ1) is 17.0. The van der Waals surface area contributed by atoms with Crippen LogP contribution < -0.4 is 5.43 Å². The number of nitrogens with zero attached hydrogens (tertiary/aromatic N) is 1. The van der Waals surface area contributed by atoms with Crippen molar-refractivity contribution >= 4 is 16.9 Å². The summed E-state index contributed by atoms with van der Waals surface area (Å²) in [4.78, 5) is 27.1. The molecule has 4 heteroatoms. The highest BCUT2D eigenvalue weighted by Crippen LogP contribution is 2.17. The maximum Gasteiger partial charge on any atom is 0.290 e. The largest absolute Gasteiger partial charge is 0.451 e. The fourth-order valence-electron chi connectivity index (χ4n) is 2.78. The molecule has 0 aliphatic rings. The van der Waals surface area contributed by atoms with Crippen molar-refractivity contribution in [2.75, 3.05) is 0 Å². The third kappa shape index (κ3) is 3.63. The molecule has 1 atom stereocenters. The molecule has 1 amide bonds. The fraction of sp³-hybridized carbons (Fsp3) is 0.238. The molecule has 0 bridgehead atoms. The van der Waals surface area contributed by atoms with Crippen LogP contribution in [0.5, 0.6) is 0 Å². The minimum atomic E-state index is -0.263. The molecule has 0 spiro atoms. The second-order valence-electron chi connectivity index (χ2n) is 6.15. The molecule has 4 nitrogen and oxygen atoms in total. The van der Waals surface area contributed by atoms with Gasteiger partial charge in [0.2, 0.25) is 0 Å². The number of para-hydroxylation sites is 1. The van der Waals surface area contributed by atoms with Crippen LogP contribution in [0.1, 0.15) is 36.4 Å². The molecule has 0 radical (unpaired) electrons. The Balaban J connectivity index is 1.98. The lowest BCUT2D eigenvalue weighted by atomic mass is 10.1. The Bertz CT molecular complexity index is 931. The average Bonchev–Trinajstić information content (AvgIpc) is 2.65. The molecule has 0 fully saturated rings. The van der Waals surface area contributed by atoms with Gasteiger partial charge in [-0.1, -0.05) is 49.4 Å². The van der Waals surface area contributed by atoms with Gasteiger partial charge in [0.25, 0.3) is 5.91 Å². The van der Waals surface area contributed by atoms with Gasteiger partial charge in [-0.3, -0.25) is 9.59 Å². The summed E-state index contributed by atoms with van der Waals surface area (Å²) in [6.45, 7) is 4.51. The van der Waals surface area contributed by atoms with E-state index in [9.17, 15) is 9.59 Å². The van der Waals surface area contributed by atoms with E-state index >= 15 is 0 Å². The molecule has 25 heavy (non-hydrogen) atoms. The lowest BCUT2D eigenvalue weighted by Gasteiger charge is -2.28. The topological polar surface area (TPSA) is 50.5 Å². The molecular formula is C21H21NO3. The first-order valence-corrected chi connectivity index (χ1v) is 8.48. The summed E-state index contributed by atoms with van der Waals surface area (Å²) < 4.78 is 5.73. The van der Waals surface area contributed by atoms with Crippen LogP contribution in [0.15, 0.2) is 69.9 Å². The Morgan fingerprint density at radius 1 is 1.08 bits per heavy atom. The van der Waals surface area contributed by atoms with Crippen molar-refractivity contribution in [1.29, 1.82) is 0 Å². The SMILES string of the molecule is CCC(C)N(Cc1ccccc1)C(=O)c1cc(=O)c2ccccc2o1. The van der Waals surface area contributed by atoms with Gasteiger partial charge in [0.15, 0.2) is 11.2 Å². The predicted molar refractivity (Wildman–Crippen MR) is 98.6 cm³/mol. The van der Waals surface area contributed by atoms with Gasteiger partial charge in [-0.2, -0.15) is 0 Å². The summed E-state index contributed by atoms with van der Waals surface area (Å²) in [5.74, 6) is -0.180. The van der Waals surface area contributed by atoms with E-state index in [1.165, 1.54) is 6.07 Å². The maximum atomic E-state index is 13.0. The van der Waals surface area contributed by atoms with Crippen LogP contribution in [0.2, 0.25) is 0 Å². The van der Waals surface area contributed by atoms with Crippen molar-refractivity contribution in [3.05, 3.63) is 82.2 Å². The van der Waals surface area contributed by atoms with Gasteiger partial charge in [0, 0.05) is 18.7 Å². The number of hydrogen-bond donors (Lipinski definition) is 0. The van der Waals surface area contributed by atoms with Gasteiger partial charge < -0.3 is 9.32 Å². The highest BCUT2D eigenvalue weighted by Gasteiger charge is 2.23. The van der Waals surface area contributed by atoms with Crippen LogP contribution in [-0.2, 0) is 6.54 Å². The van der Waals surface area contributed by atoms with Crippen molar-refractivity contribution in [3.63, 3.8) is 0 Å². The summed E-state index contributed by atoms with van der Waals surface area (Å²) in [5.41, 5.74) is 1.27. The number of hydrogen-bond acceptors (Lipinski definition) is 3. The number of fused-ring (bicyclic) bond motifs is 1. The van der Waals surface area contributed by atoms with Gasteiger partial charge >= 0.3 is 0 Å². The maximum absolute atomic E-state index is 13.0. The van der Waals surface area contributed by atoms with Gasteiger partial charge in [0.05, 0.1) is 5.39 Å². The van der Waals surface area contributed by atoms with E-state index in [0.29, 0.717) is 17.5 Å².